The molecule has 1 atom stereocenters. The lowest BCUT2D eigenvalue weighted by Crippen LogP contribution is -2.32. The number of rotatable bonds is 3. The van der Waals surface area contributed by atoms with Gasteiger partial charge in [0.15, 0.2) is 0 Å². The second-order valence-electron chi connectivity index (χ2n) is 3.35. The third kappa shape index (κ3) is 3.23. The van der Waals surface area contributed by atoms with Gasteiger partial charge in [-0.15, -0.1) is 0 Å². The number of nitrogens with two attached hydrogens (primary N) is 1. The zero-order chi connectivity index (χ0) is 12.3. The number of aliphatic carboxylic acids is 1. The minimum Gasteiger partial charge on any atom is -0.480 e. The summed E-state index contributed by atoms with van der Waals surface area (Å²) in [5.74, 6) is -1.24. The normalized spacial score (nSPS) is 13.5. The maximum absolute atomic E-state index is 12.3. The lowest BCUT2D eigenvalue weighted by atomic mass is 10.0. The van der Waals surface area contributed by atoms with Crippen molar-refractivity contribution in [1.82, 2.24) is 0 Å². The molecule has 0 bridgehead atoms. The van der Waals surface area contributed by atoms with Gasteiger partial charge in [-0.2, -0.15) is 13.2 Å². The highest BCUT2D eigenvalue weighted by atomic mass is 19.4. The molecular weight excluding hydrogens is 223 g/mol. The first-order valence-corrected chi connectivity index (χ1v) is 4.45. The Morgan fingerprint density at radius 2 is 2.06 bits per heavy atom. The van der Waals surface area contributed by atoms with Gasteiger partial charge >= 0.3 is 12.1 Å². The van der Waals surface area contributed by atoms with E-state index in [2.05, 4.69) is 0 Å². The van der Waals surface area contributed by atoms with E-state index >= 15 is 0 Å². The Morgan fingerprint density at radius 3 is 2.56 bits per heavy atom. The summed E-state index contributed by atoms with van der Waals surface area (Å²) in [6, 6.07) is 3.28. The van der Waals surface area contributed by atoms with Crippen molar-refractivity contribution in [3.63, 3.8) is 0 Å². The molecule has 3 N–H and O–H groups in total. The van der Waals surface area contributed by atoms with E-state index in [0.717, 1.165) is 12.1 Å². The van der Waals surface area contributed by atoms with E-state index in [1.54, 1.807) is 0 Å². The first kappa shape index (κ1) is 12.5. The molecule has 0 saturated carbocycles. The molecule has 0 aliphatic rings. The van der Waals surface area contributed by atoms with E-state index in [-0.39, 0.29) is 12.0 Å². The van der Waals surface area contributed by atoms with Gasteiger partial charge in [-0.1, -0.05) is 18.2 Å². The quantitative estimate of drug-likeness (QED) is 0.834. The molecule has 0 heterocycles. The molecule has 0 amide bonds. The molecule has 0 unspecified atom stereocenters. The van der Waals surface area contributed by atoms with Crippen molar-refractivity contribution in [2.24, 2.45) is 5.73 Å². The monoisotopic (exact) mass is 233 g/mol. The van der Waals surface area contributed by atoms with Crippen LogP contribution >= 0.6 is 0 Å². The van der Waals surface area contributed by atoms with E-state index in [1.807, 2.05) is 0 Å². The fourth-order valence-corrected chi connectivity index (χ4v) is 1.22. The number of benzene rings is 1. The predicted molar refractivity (Wildman–Crippen MR) is 50.8 cm³/mol. The van der Waals surface area contributed by atoms with Crippen LogP contribution in [0.2, 0.25) is 0 Å². The van der Waals surface area contributed by atoms with Gasteiger partial charge in [0.05, 0.1) is 5.56 Å². The third-order valence-corrected chi connectivity index (χ3v) is 2.03. The van der Waals surface area contributed by atoms with Gasteiger partial charge < -0.3 is 10.8 Å². The van der Waals surface area contributed by atoms with Crippen molar-refractivity contribution in [2.75, 3.05) is 0 Å². The maximum atomic E-state index is 12.3. The fourth-order valence-electron chi connectivity index (χ4n) is 1.22. The van der Waals surface area contributed by atoms with Gasteiger partial charge in [-0.3, -0.25) is 4.79 Å². The first-order valence-electron chi connectivity index (χ1n) is 4.45. The first-order chi connectivity index (χ1) is 7.30. The molecule has 0 fully saturated rings. The second-order valence-corrected chi connectivity index (χ2v) is 3.35. The smallest absolute Gasteiger partial charge is 0.416 e. The summed E-state index contributed by atoms with van der Waals surface area (Å²) in [5, 5.41) is 8.53. The Hall–Kier alpha value is -1.56. The van der Waals surface area contributed by atoms with Crippen LogP contribution in [0, 0.1) is 0 Å². The Morgan fingerprint density at radius 1 is 1.44 bits per heavy atom. The molecule has 0 aliphatic carbocycles. The summed E-state index contributed by atoms with van der Waals surface area (Å²) in [4.78, 5) is 10.4. The SMILES string of the molecule is N[C@H](Cc1cccc(C(F)(F)F)c1)C(=O)O. The number of hydrogen-bond acceptors (Lipinski definition) is 2. The van der Waals surface area contributed by atoms with E-state index < -0.39 is 23.8 Å². The van der Waals surface area contributed by atoms with E-state index in [9.17, 15) is 18.0 Å². The molecule has 1 aromatic rings. The molecule has 88 valence electrons. The minimum absolute atomic E-state index is 0.126. The molecule has 1 rings (SSSR count). The summed E-state index contributed by atoms with van der Waals surface area (Å²) in [5.41, 5.74) is 4.68. The van der Waals surface area contributed by atoms with Crippen molar-refractivity contribution in [3.8, 4) is 0 Å². The summed E-state index contributed by atoms with van der Waals surface area (Å²) in [6.07, 6.45) is -4.55. The fraction of sp³-hybridized carbons (Fsp3) is 0.300. The number of hydrogen-bond donors (Lipinski definition) is 2. The van der Waals surface area contributed by atoms with E-state index in [0.29, 0.717) is 0 Å². The van der Waals surface area contributed by atoms with Crippen LogP contribution in [-0.4, -0.2) is 17.1 Å². The zero-order valence-electron chi connectivity index (χ0n) is 8.16. The van der Waals surface area contributed by atoms with Crippen LogP contribution in [0.5, 0.6) is 0 Å². The van der Waals surface area contributed by atoms with Gasteiger partial charge in [0, 0.05) is 0 Å². The van der Waals surface area contributed by atoms with Gasteiger partial charge in [-0.25, -0.2) is 0 Å². The maximum Gasteiger partial charge on any atom is 0.416 e. The summed E-state index contributed by atoms with van der Waals surface area (Å²) in [7, 11) is 0. The molecule has 1 aromatic carbocycles. The van der Waals surface area contributed by atoms with Gasteiger partial charge in [0.2, 0.25) is 0 Å². The Labute approximate surface area is 89.7 Å². The molecule has 6 heteroatoms. The standard InChI is InChI=1S/C10H10F3NO2/c11-10(12,13)7-3-1-2-6(4-7)5-8(14)9(15)16/h1-4,8H,5,14H2,(H,15,16)/t8-/m1/s1. The van der Waals surface area contributed by atoms with Crippen molar-refractivity contribution in [2.45, 2.75) is 18.6 Å². The number of carboxylic acids is 1. The van der Waals surface area contributed by atoms with E-state index in [4.69, 9.17) is 10.8 Å². The lowest BCUT2D eigenvalue weighted by molar-refractivity contribution is -0.138. The Balaban J connectivity index is 2.87. The summed E-state index contributed by atoms with van der Waals surface area (Å²) in [6.45, 7) is 0. The molecule has 0 radical (unpaired) electrons. The largest absolute Gasteiger partial charge is 0.480 e. The minimum atomic E-state index is -4.43. The summed E-state index contributed by atoms with van der Waals surface area (Å²) >= 11 is 0. The van der Waals surface area contributed by atoms with Crippen LogP contribution in [0.25, 0.3) is 0 Å². The van der Waals surface area contributed by atoms with E-state index in [1.165, 1.54) is 12.1 Å². The molecule has 0 saturated heterocycles. The van der Waals surface area contributed by atoms with Gasteiger partial charge in [0.1, 0.15) is 6.04 Å². The highest BCUT2D eigenvalue weighted by Gasteiger charge is 2.30. The average molecular weight is 233 g/mol. The third-order valence-electron chi connectivity index (χ3n) is 2.03. The molecule has 3 nitrogen and oxygen atoms in total. The molecular formula is C10H10F3NO2. The highest BCUT2D eigenvalue weighted by Crippen LogP contribution is 2.29. The number of carboxylic acid groups (broad SMARTS) is 1. The molecule has 0 aromatic heterocycles. The number of halogens is 3. The Kier molecular flexibility index (Phi) is 3.54. The van der Waals surface area contributed by atoms with Crippen molar-refractivity contribution >= 4 is 5.97 Å². The molecule has 0 spiro atoms. The molecule has 0 aliphatic heterocycles. The highest BCUT2D eigenvalue weighted by molar-refractivity contribution is 5.73. The predicted octanol–water partition coefficient (Wildman–Crippen LogP) is 1.66. The average Bonchev–Trinajstić information content (AvgIpc) is 2.16. The van der Waals surface area contributed by atoms with Crippen LogP contribution in [0.4, 0.5) is 13.2 Å². The number of carbonyl (C=O) groups is 1. The Bertz CT molecular complexity index is 390. The van der Waals surface area contributed by atoms with Crippen molar-refractivity contribution in [3.05, 3.63) is 35.4 Å². The lowest BCUT2D eigenvalue weighted by Gasteiger charge is -2.10. The van der Waals surface area contributed by atoms with Crippen LogP contribution in [0.3, 0.4) is 0 Å². The van der Waals surface area contributed by atoms with Crippen LogP contribution in [0.1, 0.15) is 11.1 Å². The number of alkyl halides is 3. The van der Waals surface area contributed by atoms with Crippen molar-refractivity contribution in [1.29, 1.82) is 0 Å². The molecule has 16 heavy (non-hydrogen) atoms. The van der Waals surface area contributed by atoms with Crippen LogP contribution in [-0.2, 0) is 17.4 Å². The van der Waals surface area contributed by atoms with Crippen LogP contribution in [0.15, 0.2) is 24.3 Å². The topological polar surface area (TPSA) is 63.3 Å². The van der Waals surface area contributed by atoms with Gasteiger partial charge in [-0.05, 0) is 18.1 Å². The van der Waals surface area contributed by atoms with Gasteiger partial charge in [0.25, 0.3) is 0 Å². The van der Waals surface area contributed by atoms with Crippen LogP contribution < -0.4 is 5.73 Å². The second kappa shape index (κ2) is 4.52. The van der Waals surface area contributed by atoms with Crippen molar-refractivity contribution < 1.29 is 23.1 Å². The zero-order valence-corrected chi connectivity index (χ0v) is 8.16. The summed E-state index contributed by atoms with van der Waals surface area (Å²) < 4.78 is 36.9.